The van der Waals surface area contributed by atoms with Gasteiger partial charge in [0.25, 0.3) is 5.91 Å². The maximum absolute atomic E-state index is 14.8. The second-order valence-corrected chi connectivity index (χ2v) is 5.06. The molecule has 0 atom stereocenters. The summed E-state index contributed by atoms with van der Waals surface area (Å²) in [7, 11) is 2.52. The Morgan fingerprint density at radius 3 is 2.08 bits per heavy atom. The lowest BCUT2D eigenvalue weighted by molar-refractivity contribution is 0.100. The molecule has 6 nitrogen and oxygen atoms in total. The molecule has 25 heavy (non-hydrogen) atoms. The molecular weight excluding hydrogens is 332 g/mol. The summed E-state index contributed by atoms with van der Waals surface area (Å²) in [5, 5.41) is 0. The molecule has 0 aliphatic rings. The van der Waals surface area contributed by atoms with Gasteiger partial charge >= 0.3 is 0 Å². The van der Waals surface area contributed by atoms with E-state index >= 15 is 0 Å². The largest absolute Gasteiger partial charge is 0.494 e. The fraction of sp³-hybridized carbons (Fsp3) is 0.118. The van der Waals surface area contributed by atoms with Crippen LogP contribution < -0.4 is 15.2 Å². The molecule has 0 spiro atoms. The van der Waals surface area contributed by atoms with Crippen LogP contribution in [-0.2, 0) is 0 Å². The molecule has 0 saturated heterocycles. The van der Waals surface area contributed by atoms with Crippen molar-refractivity contribution in [3.8, 4) is 22.6 Å². The highest BCUT2D eigenvalue weighted by atomic mass is 19.1. The smallest absolute Gasteiger partial charge is 0.250 e. The quantitative estimate of drug-likeness (QED) is 0.785. The molecule has 0 aliphatic carbocycles. The van der Waals surface area contributed by atoms with Crippen LogP contribution in [-0.4, -0.2) is 30.1 Å². The predicted molar refractivity (Wildman–Crippen MR) is 86.5 cm³/mol. The van der Waals surface area contributed by atoms with Crippen LogP contribution in [0.3, 0.4) is 0 Å². The van der Waals surface area contributed by atoms with Crippen LogP contribution in [0.25, 0.3) is 22.2 Å². The van der Waals surface area contributed by atoms with E-state index in [2.05, 4.69) is 9.97 Å². The van der Waals surface area contributed by atoms with Crippen molar-refractivity contribution >= 4 is 16.9 Å². The van der Waals surface area contributed by atoms with Crippen LogP contribution in [0.4, 0.5) is 8.78 Å². The second-order valence-electron chi connectivity index (χ2n) is 5.06. The molecule has 1 heterocycles. The van der Waals surface area contributed by atoms with Crippen molar-refractivity contribution in [1.29, 1.82) is 0 Å². The van der Waals surface area contributed by atoms with E-state index in [1.165, 1.54) is 38.7 Å². The predicted octanol–water partition coefficient (Wildman–Crippen LogP) is 2.69. The SMILES string of the molecule is COc1cc(OC)c(F)c(-c2ccc(C(N)=O)c3nccnc23)c1F. The molecule has 3 rings (SSSR count). The molecule has 3 aromatic rings. The highest BCUT2D eigenvalue weighted by molar-refractivity contribution is 6.07. The molecule has 8 heteroatoms. The fourth-order valence-corrected chi connectivity index (χ4v) is 2.58. The topological polar surface area (TPSA) is 87.3 Å². The molecule has 2 aromatic carbocycles. The van der Waals surface area contributed by atoms with Crippen LogP contribution in [0.1, 0.15) is 10.4 Å². The van der Waals surface area contributed by atoms with Gasteiger partial charge in [-0.3, -0.25) is 14.8 Å². The van der Waals surface area contributed by atoms with Gasteiger partial charge in [0.1, 0.15) is 5.52 Å². The van der Waals surface area contributed by atoms with Gasteiger partial charge in [0, 0.05) is 24.0 Å². The number of nitrogens with two attached hydrogens (primary N) is 1. The second kappa shape index (κ2) is 6.31. The lowest BCUT2D eigenvalue weighted by Crippen LogP contribution is -2.12. The first-order chi connectivity index (χ1) is 12.0. The van der Waals surface area contributed by atoms with Gasteiger partial charge in [-0.15, -0.1) is 0 Å². The number of methoxy groups -OCH3 is 2. The number of carbonyl (C=O) groups excluding carboxylic acids is 1. The van der Waals surface area contributed by atoms with Crippen LogP contribution >= 0.6 is 0 Å². The minimum Gasteiger partial charge on any atom is -0.494 e. The van der Waals surface area contributed by atoms with E-state index in [1.54, 1.807) is 0 Å². The number of aromatic nitrogens is 2. The van der Waals surface area contributed by atoms with Crippen molar-refractivity contribution in [2.75, 3.05) is 14.2 Å². The van der Waals surface area contributed by atoms with Crippen LogP contribution in [0.5, 0.6) is 11.5 Å². The van der Waals surface area contributed by atoms with Gasteiger partial charge in [0.05, 0.1) is 30.9 Å². The number of ether oxygens (including phenoxy) is 2. The third-order valence-electron chi connectivity index (χ3n) is 3.73. The molecule has 0 fully saturated rings. The Bertz CT molecular complexity index is 964. The molecule has 1 aromatic heterocycles. The number of fused-ring (bicyclic) bond motifs is 1. The summed E-state index contributed by atoms with van der Waals surface area (Å²) in [5.74, 6) is -2.94. The Morgan fingerprint density at radius 2 is 1.56 bits per heavy atom. The Kier molecular flexibility index (Phi) is 4.18. The third kappa shape index (κ3) is 2.61. The zero-order valence-electron chi connectivity index (χ0n) is 13.3. The number of primary amides is 1. The standard InChI is InChI=1S/C17H13F2N3O3/c1-24-10-7-11(25-2)14(19)12(13(10)18)8-3-4-9(17(20)23)16-15(8)21-5-6-22-16/h3-7H,1-2H3,(H2,20,23). The van der Waals surface area contributed by atoms with E-state index in [9.17, 15) is 13.6 Å². The molecule has 128 valence electrons. The number of rotatable bonds is 4. The first-order valence-electron chi connectivity index (χ1n) is 7.13. The monoisotopic (exact) mass is 345 g/mol. The van der Waals surface area contributed by atoms with Gasteiger partial charge in [0.15, 0.2) is 23.1 Å². The number of hydrogen-bond acceptors (Lipinski definition) is 5. The van der Waals surface area contributed by atoms with Crippen molar-refractivity contribution < 1.29 is 23.0 Å². The van der Waals surface area contributed by atoms with E-state index in [0.717, 1.165) is 6.07 Å². The van der Waals surface area contributed by atoms with Gasteiger partial charge in [-0.1, -0.05) is 6.07 Å². The van der Waals surface area contributed by atoms with Crippen molar-refractivity contribution in [1.82, 2.24) is 9.97 Å². The Morgan fingerprint density at radius 1 is 1.00 bits per heavy atom. The lowest BCUT2D eigenvalue weighted by atomic mass is 9.99. The first-order valence-corrected chi connectivity index (χ1v) is 7.13. The van der Waals surface area contributed by atoms with Crippen molar-refractivity contribution in [2.24, 2.45) is 5.73 Å². The maximum Gasteiger partial charge on any atom is 0.250 e. The number of carbonyl (C=O) groups is 1. The Hall–Kier alpha value is -3.29. The van der Waals surface area contributed by atoms with E-state index in [4.69, 9.17) is 15.2 Å². The van der Waals surface area contributed by atoms with Crippen molar-refractivity contribution in [3.05, 3.63) is 47.8 Å². The Labute approximate surface area is 141 Å². The number of amides is 1. The zero-order chi connectivity index (χ0) is 18.1. The highest BCUT2D eigenvalue weighted by Crippen LogP contribution is 2.39. The molecule has 0 aliphatic heterocycles. The van der Waals surface area contributed by atoms with Gasteiger partial charge in [-0.05, 0) is 6.07 Å². The van der Waals surface area contributed by atoms with E-state index in [0.29, 0.717) is 0 Å². The summed E-state index contributed by atoms with van der Waals surface area (Å²) in [6.45, 7) is 0. The van der Waals surface area contributed by atoms with Crippen LogP contribution in [0.2, 0.25) is 0 Å². The van der Waals surface area contributed by atoms with Gasteiger partial charge in [-0.2, -0.15) is 0 Å². The van der Waals surface area contributed by atoms with Gasteiger partial charge in [-0.25, -0.2) is 8.78 Å². The average molecular weight is 345 g/mol. The third-order valence-corrected chi connectivity index (χ3v) is 3.73. The number of halogens is 2. The maximum atomic E-state index is 14.8. The summed E-state index contributed by atoms with van der Waals surface area (Å²) >= 11 is 0. The summed E-state index contributed by atoms with van der Waals surface area (Å²) in [6, 6.07) is 3.82. The van der Waals surface area contributed by atoms with Gasteiger partial charge in [0.2, 0.25) is 0 Å². The highest BCUT2D eigenvalue weighted by Gasteiger charge is 2.24. The lowest BCUT2D eigenvalue weighted by Gasteiger charge is -2.14. The zero-order valence-corrected chi connectivity index (χ0v) is 13.3. The summed E-state index contributed by atoms with van der Waals surface area (Å²) in [5.41, 5.74) is 5.41. The number of benzene rings is 2. The number of hydrogen-bond donors (Lipinski definition) is 1. The summed E-state index contributed by atoms with van der Waals surface area (Å²) in [4.78, 5) is 19.7. The van der Waals surface area contributed by atoms with E-state index in [1.807, 2.05) is 0 Å². The molecule has 2 N–H and O–H groups in total. The normalized spacial score (nSPS) is 10.7. The average Bonchev–Trinajstić information content (AvgIpc) is 2.62. The minimum atomic E-state index is -0.917. The summed E-state index contributed by atoms with van der Waals surface area (Å²) in [6.07, 6.45) is 2.71. The van der Waals surface area contributed by atoms with Crippen molar-refractivity contribution in [3.63, 3.8) is 0 Å². The molecular formula is C17H13F2N3O3. The summed E-state index contributed by atoms with van der Waals surface area (Å²) < 4.78 is 39.4. The van der Waals surface area contributed by atoms with Gasteiger partial charge < -0.3 is 15.2 Å². The van der Waals surface area contributed by atoms with E-state index < -0.39 is 23.1 Å². The molecule has 0 unspecified atom stereocenters. The number of nitrogens with zero attached hydrogens (tertiary/aromatic N) is 2. The minimum absolute atomic E-state index is 0.0975. The van der Waals surface area contributed by atoms with E-state index in [-0.39, 0.29) is 33.7 Å². The first kappa shape index (κ1) is 16.6. The molecule has 0 saturated carbocycles. The molecule has 0 radical (unpaired) electrons. The molecule has 0 bridgehead atoms. The Balaban J connectivity index is 2.42. The molecule has 1 amide bonds. The van der Waals surface area contributed by atoms with Crippen LogP contribution in [0, 0.1) is 11.6 Å². The van der Waals surface area contributed by atoms with Crippen LogP contribution in [0.15, 0.2) is 30.6 Å². The van der Waals surface area contributed by atoms with Crippen molar-refractivity contribution in [2.45, 2.75) is 0 Å². The fourth-order valence-electron chi connectivity index (χ4n) is 2.58.